The lowest BCUT2D eigenvalue weighted by Gasteiger charge is -2.39. The standard InChI is InChI=1S/C17H14Cl2F3N3O3S/c18-14-4-3-12(8-15(14)19)29(27,28)24-6-7-25(11(9-24)10-26)16-13(17(20,21)22)2-1-5-23-16/h1-5,8,10-11H,6-7,9H2. The highest BCUT2D eigenvalue weighted by Gasteiger charge is 2.40. The summed E-state index contributed by atoms with van der Waals surface area (Å²) < 4.78 is 66.7. The maximum Gasteiger partial charge on any atom is 0.419 e. The molecule has 1 aliphatic heterocycles. The Morgan fingerprint density at radius 2 is 1.86 bits per heavy atom. The zero-order valence-corrected chi connectivity index (χ0v) is 16.9. The van der Waals surface area contributed by atoms with E-state index in [0.717, 1.165) is 21.3 Å². The van der Waals surface area contributed by atoms with Crippen LogP contribution in [0.2, 0.25) is 10.0 Å². The second-order valence-electron chi connectivity index (χ2n) is 6.21. The van der Waals surface area contributed by atoms with Gasteiger partial charge in [-0.25, -0.2) is 13.4 Å². The number of benzene rings is 1. The number of rotatable bonds is 4. The molecular formula is C17H14Cl2F3N3O3S. The summed E-state index contributed by atoms with van der Waals surface area (Å²) in [4.78, 5) is 16.4. The predicted molar refractivity (Wildman–Crippen MR) is 102 cm³/mol. The van der Waals surface area contributed by atoms with Gasteiger partial charge in [-0.2, -0.15) is 17.5 Å². The highest BCUT2D eigenvalue weighted by molar-refractivity contribution is 7.89. The minimum atomic E-state index is -4.67. The van der Waals surface area contributed by atoms with Crippen LogP contribution >= 0.6 is 23.2 Å². The average molecular weight is 468 g/mol. The first kappa shape index (κ1) is 21.8. The highest BCUT2D eigenvalue weighted by Crippen LogP contribution is 2.36. The van der Waals surface area contributed by atoms with Crippen molar-refractivity contribution < 1.29 is 26.4 Å². The van der Waals surface area contributed by atoms with E-state index in [1.807, 2.05) is 0 Å². The minimum Gasteiger partial charge on any atom is -0.344 e. The van der Waals surface area contributed by atoms with Gasteiger partial charge >= 0.3 is 6.18 Å². The molecule has 6 nitrogen and oxygen atoms in total. The molecular weight excluding hydrogens is 454 g/mol. The number of carbonyl (C=O) groups is 1. The third-order valence-electron chi connectivity index (χ3n) is 4.43. The molecule has 2 aromatic rings. The Kier molecular flexibility index (Phi) is 6.09. The van der Waals surface area contributed by atoms with E-state index in [0.29, 0.717) is 6.29 Å². The lowest BCUT2D eigenvalue weighted by Crippen LogP contribution is -2.56. The molecule has 1 fully saturated rings. The van der Waals surface area contributed by atoms with E-state index in [4.69, 9.17) is 23.2 Å². The molecule has 2 heterocycles. The molecule has 0 spiro atoms. The third kappa shape index (κ3) is 4.35. The molecule has 1 aromatic carbocycles. The zero-order chi connectivity index (χ0) is 21.4. The van der Waals surface area contributed by atoms with Gasteiger partial charge in [-0.05, 0) is 30.3 Å². The van der Waals surface area contributed by atoms with Crippen LogP contribution < -0.4 is 4.90 Å². The summed E-state index contributed by atoms with van der Waals surface area (Å²) in [7, 11) is -4.03. The second-order valence-corrected chi connectivity index (χ2v) is 8.96. The van der Waals surface area contributed by atoms with Crippen molar-refractivity contribution in [1.82, 2.24) is 9.29 Å². The van der Waals surface area contributed by atoms with Gasteiger partial charge in [0, 0.05) is 25.8 Å². The van der Waals surface area contributed by atoms with E-state index in [-0.39, 0.29) is 34.6 Å². The first-order chi connectivity index (χ1) is 13.6. The normalized spacial score (nSPS) is 18.7. The van der Waals surface area contributed by atoms with E-state index < -0.39 is 33.6 Å². The van der Waals surface area contributed by atoms with Crippen molar-refractivity contribution in [1.29, 1.82) is 0 Å². The molecule has 1 aromatic heterocycles. The molecule has 3 rings (SSSR count). The van der Waals surface area contributed by atoms with Crippen LogP contribution in [-0.2, 0) is 21.0 Å². The number of nitrogens with zero attached hydrogens (tertiary/aromatic N) is 3. The fourth-order valence-corrected chi connectivity index (χ4v) is 4.85. The molecule has 0 amide bonds. The molecule has 1 atom stereocenters. The molecule has 0 radical (unpaired) electrons. The topological polar surface area (TPSA) is 70.6 Å². The van der Waals surface area contributed by atoms with Gasteiger partial charge in [0.1, 0.15) is 12.1 Å². The number of piperazine rings is 1. The number of carbonyl (C=O) groups excluding carboxylic acids is 1. The monoisotopic (exact) mass is 467 g/mol. The van der Waals surface area contributed by atoms with Crippen molar-refractivity contribution >= 4 is 45.3 Å². The number of pyridine rings is 1. The van der Waals surface area contributed by atoms with Crippen LogP contribution in [0.15, 0.2) is 41.4 Å². The van der Waals surface area contributed by atoms with E-state index in [1.54, 1.807) is 0 Å². The summed E-state index contributed by atoms with van der Waals surface area (Å²) in [6.07, 6.45) is -3.07. The lowest BCUT2D eigenvalue weighted by atomic mass is 10.1. The summed E-state index contributed by atoms with van der Waals surface area (Å²) in [5.74, 6) is -0.413. The van der Waals surface area contributed by atoms with Crippen LogP contribution in [-0.4, -0.2) is 49.7 Å². The summed E-state index contributed by atoms with van der Waals surface area (Å²) in [6, 6.07) is 4.65. The van der Waals surface area contributed by atoms with Crippen LogP contribution in [0.25, 0.3) is 0 Å². The second kappa shape index (κ2) is 8.10. The molecule has 0 N–H and O–H groups in total. The number of hydrogen-bond acceptors (Lipinski definition) is 5. The van der Waals surface area contributed by atoms with E-state index in [1.165, 1.54) is 24.4 Å². The Morgan fingerprint density at radius 1 is 1.14 bits per heavy atom. The number of sulfonamides is 1. The molecule has 0 bridgehead atoms. The van der Waals surface area contributed by atoms with Gasteiger partial charge in [-0.1, -0.05) is 23.2 Å². The van der Waals surface area contributed by atoms with E-state index in [9.17, 15) is 26.4 Å². The highest BCUT2D eigenvalue weighted by atomic mass is 35.5. The Balaban J connectivity index is 1.91. The van der Waals surface area contributed by atoms with E-state index in [2.05, 4.69) is 4.98 Å². The summed E-state index contributed by atoms with van der Waals surface area (Å²) in [5.41, 5.74) is -0.993. The molecule has 1 saturated heterocycles. The summed E-state index contributed by atoms with van der Waals surface area (Å²) >= 11 is 11.7. The predicted octanol–water partition coefficient (Wildman–Crippen LogP) is 3.49. The van der Waals surface area contributed by atoms with Crippen molar-refractivity contribution in [2.24, 2.45) is 0 Å². The Morgan fingerprint density at radius 3 is 2.48 bits per heavy atom. The molecule has 1 unspecified atom stereocenters. The molecule has 0 aliphatic carbocycles. The Hall–Kier alpha value is -1.88. The van der Waals surface area contributed by atoms with Crippen LogP contribution in [0.4, 0.5) is 19.0 Å². The van der Waals surface area contributed by atoms with Crippen LogP contribution in [0.5, 0.6) is 0 Å². The molecule has 12 heteroatoms. The van der Waals surface area contributed by atoms with Gasteiger partial charge in [0.05, 0.1) is 26.5 Å². The molecule has 156 valence electrons. The number of aldehydes is 1. The number of anilines is 1. The van der Waals surface area contributed by atoms with Gasteiger partial charge in [-0.3, -0.25) is 0 Å². The van der Waals surface area contributed by atoms with Crippen molar-refractivity contribution in [3.05, 3.63) is 52.1 Å². The SMILES string of the molecule is O=CC1CN(S(=O)(=O)c2ccc(Cl)c(Cl)c2)CCN1c1ncccc1C(F)(F)F. The van der Waals surface area contributed by atoms with E-state index >= 15 is 0 Å². The lowest BCUT2D eigenvalue weighted by molar-refractivity contribution is -0.137. The first-order valence-corrected chi connectivity index (χ1v) is 10.4. The summed E-state index contributed by atoms with van der Waals surface area (Å²) in [6.45, 7) is -0.620. The fourth-order valence-electron chi connectivity index (χ4n) is 3.01. The van der Waals surface area contributed by atoms with Gasteiger partial charge in [0.2, 0.25) is 10.0 Å². The third-order valence-corrected chi connectivity index (χ3v) is 7.03. The van der Waals surface area contributed by atoms with Crippen molar-refractivity contribution in [2.75, 3.05) is 24.5 Å². The average Bonchev–Trinajstić information content (AvgIpc) is 2.68. The van der Waals surface area contributed by atoms with Crippen LogP contribution in [0, 0.1) is 0 Å². The van der Waals surface area contributed by atoms with Gasteiger partial charge < -0.3 is 9.69 Å². The number of aromatic nitrogens is 1. The number of hydrogen-bond donors (Lipinski definition) is 0. The van der Waals surface area contributed by atoms with Crippen molar-refractivity contribution in [2.45, 2.75) is 17.1 Å². The van der Waals surface area contributed by atoms with Gasteiger partial charge in [0.15, 0.2) is 0 Å². The largest absolute Gasteiger partial charge is 0.419 e. The zero-order valence-electron chi connectivity index (χ0n) is 14.6. The molecule has 29 heavy (non-hydrogen) atoms. The maximum absolute atomic E-state index is 13.3. The van der Waals surface area contributed by atoms with Crippen molar-refractivity contribution in [3.63, 3.8) is 0 Å². The number of halogens is 5. The summed E-state index contributed by atoms with van der Waals surface area (Å²) in [5, 5.41) is 0.220. The first-order valence-electron chi connectivity index (χ1n) is 8.25. The van der Waals surface area contributed by atoms with Crippen LogP contribution in [0.1, 0.15) is 5.56 Å². The quantitative estimate of drug-likeness (QED) is 0.643. The molecule has 0 saturated carbocycles. The smallest absolute Gasteiger partial charge is 0.344 e. The van der Waals surface area contributed by atoms with Crippen molar-refractivity contribution in [3.8, 4) is 0 Å². The fraction of sp³-hybridized carbons (Fsp3) is 0.294. The Labute approximate surface area is 174 Å². The van der Waals surface area contributed by atoms with Gasteiger partial charge in [-0.15, -0.1) is 0 Å². The minimum absolute atomic E-state index is 0.0432. The van der Waals surface area contributed by atoms with Crippen LogP contribution in [0.3, 0.4) is 0 Å². The van der Waals surface area contributed by atoms with Gasteiger partial charge in [0.25, 0.3) is 0 Å². The maximum atomic E-state index is 13.3. The number of alkyl halides is 3. The Bertz CT molecular complexity index is 1030. The molecule has 1 aliphatic rings.